The van der Waals surface area contributed by atoms with Gasteiger partial charge in [0, 0.05) is 17.4 Å². The van der Waals surface area contributed by atoms with Gasteiger partial charge in [-0.05, 0) is 36.1 Å². The largest absolute Gasteiger partial charge is 0.454 e. The van der Waals surface area contributed by atoms with Crippen molar-refractivity contribution in [3.8, 4) is 11.5 Å². The summed E-state index contributed by atoms with van der Waals surface area (Å²) in [6, 6.07) is 11.6. The van der Waals surface area contributed by atoms with Crippen LogP contribution in [0.2, 0.25) is 0 Å². The molecule has 126 valence electrons. The minimum Gasteiger partial charge on any atom is -0.454 e. The lowest BCUT2D eigenvalue weighted by molar-refractivity contribution is -0.114. The highest BCUT2D eigenvalue weighted by atomic mass is 16.7. The number of nitrogens with one attached hydrogen (secondary N) is 2. The van der Waals surface area contributed by atoms with E-state index in [1.165, 1.54) is 0 Å². The first-order valence-electron chi connectivity index (χ1n) is 8.07. The molecule has 0 aliphatic carbocycles. The van der Waals surface area contributed by atoms with Crippen LogP contribution in [0.5, 0.6) is 11.5 Å². The third-order valence-electron chi connectivity index (χ3n) is 4.02. The molecule has 5 nitrogen and oxygen atoms in total. The second-order valence-corrected chi connectivity index (χ2v) is 6.16. The smallest absolute Gasteiger partial charge is 0.243 e. The van der Waals surface area contributed by atoms with Crippen molar-refractivity contribution >= 4 is 17.3 Å². The highest BCUT2D eigenvalue weighted by Crippen LogP contribution is 2.34. The standard InChI is InChI=1S/C19H22N2O3/c1-12(2)15-6-4-5-13(3)19(15)21-18(22)10-20-14-7-8-16-17(9-14)24-11-23-16/h4-9,12,20H,10-11H2,1-3H3,(H,21,22). The van der Waals surface area contributed by atoms with Crippen LogP contribution in [0.15, 0.2) is 36.4 Å². The first kappa shape index (κ1) is 16.2. The van der Waals surface area contributed by atoms with Crippen LogP contribution in [0.1, 0.15) is 30.9 Å². The van der Waals surface area contributed by atoms with E-state index in [-0.39, 0.29) is 19.2 Å². The molecule has 0 unspecified atom stereocenters. The van der Waals surface area contributed by atoms with Gasteiger partial charge < -0.3 is 20.1 Å². The van der Waals surface area contributed by atoms with Crippen LogP contribution in [-0.2, 0) is 4.79 Å². The fourth-order valence-electron chi connectivity index (χ4n) is 2.71. The highest BCUT2D eigenvalue weighted by Gasteiger charge is 2.14. The molecule has 0 spiro atoms. The minimum absolute atomic E-state index is 0.0798. The van der Waals surface area contributed by atoms with Crippen LogP contribution in [-0.4, -0.2) is 19.2 Å². The fourth-order valence-corrected chi connectivity index (χ4v) is 2.71. The molecule has 1 aliphatic heterocycles. The van der Waals surface area contributed by atoms with Crippen LogP contribution < -0.4 is 20.1 Å². The lowest BCUT2D eigenvalue weighted by Gasteiger charge is -2.16. The molecule has 5 heteroatoms. The Morgan fingerprint density at radius 2 is 1.96 bits per heavy atom. The van der Waals surface area contributed by atoms with E-state index < -0.39 is 0 Å². The monoisotopic (exact) mass is 326 g/mol. The van der Waals surface area contributed by atoms with Crippen molar-refractivity contribution < 1.29 is 14.3 Å². The molecule has 2 N–H and O–H groups in total. The summed E-state index contributed by atoms with van der Waals surface area (Å²) in [5.41, 5.74) is 3.94. The number of benzene rings is 2. The Balaban J connectivity index is 1.64. The van der Waals surface area contributed by atoms with Crippen LogP contribution in [0, 0.1) is 6.92 Å². The average Bonchev–Trinajstić information content (AvgIpc) is 3.02. The summed E-state index contributed by atoms with van der Waals surface area (Å²) >= 11 is 0. The Bertz CT molecular complexity index is 756. The SMILES string of the molecule is Cc1cccc(C(C)C)c1NC(=O)CNc1ccc2c(c1)OCO2. The van der Waals surface area contributed by atoms with Crippen molar-refractivity contribution in [3.05, 3.63) is 47.5 Å². The zero-order valence-corrected chi connectivity index (χ0v) is 14.2. The first-order valence-corrected chi connectivity index (χ1v) is 8.07. The normalized spacial score (nSPS) is 12.3. The number of hydrogen-bond donors (Lipinski definition) is 2. The molecule has 2 aromatic carbocycles. The van der Waals surface area contributed by atoms with Crippen molar-refractivity contribution in [3.63, 3.8) is 0 Å². The van der Waals surface area contributed by atoms with Crippen LogP contribution in [0.25, 0.3) is 0 Å². The van der Waals surface area contributed by atoms with Gasteiger partial charge in [0.15, 0.2) is 11.5 Å². The third-order valence-corrected chi connectivity index (χ3v) is 4.02. The quantitative estimate of drug-likeness (QED) is 0.875. The number of fused-ring (bicyclic) bond motifs is 1. The summed E-state index contributed by atoms with van der Waals surface area (Å²) in [7, 11) is 0. The molecule has 0 radical (unpaired) electrons. The molecule has 1 heterocycles. The molecule has 2 aromatic rings. The highest BCUT2D eigenvalue weighted by molar-refractivity contribution is 5.95. The summed E-state index contributed by atoms with van der Waals surface area (Å²) < 4.78 is 10.6. The number of para-hydroxylation sites is 1. The van der Waals surface area contributed by atoms with E-state index in [9.17, 15) is 4.79 Å². The van der Waals surface area contributed by atoms with E-state index in [0.717, 1.165) is 28.3 Å². The molecule has 0 saturated heterocycles. The van der Waals surface area contributed by atoms with E-state index in [4.69, 9.17) is 9.47 Å². The number of ether oxygens (including phenoxy) is 2. The number of amides is 1. The Kier molecular flexibility index (Phi) is 4.60. The summed E-state index contributed by atoms with van der Waals surface area (Å²) in [5, 5.41) is 6.14. The zero-order valence-electron chi connectivity index (χ0n) is 14.2. The molecule has 24 heavy (non-hydrogen) atoms. The van der Waals surface area contributed by atoms with E-state index in [1.54, 1.807) is 0 Å². The third kappa shape index (κ3) is 3.45. The van der Waals surface area contributed by atoms with Crippen molar-refractivity contribution in [1.82, 2.24) is 0 Å². The van der Waals surface area contributed by atoms with Gasteiger partial charge in [0.05, 0.1) is 6.54 Å². The van der Waals surface area contributed by atoms with Crippen LogP contribution in [0.3, 0.4) is 0 Å². The second-order valence-electron chi connectivity index (χ2n) is 6.16. The predicted octanol–water partition coefficient (Wildman–Crippen LogP) is 3.90. The van der Waals surface area contributed by atoms with Gasteiger partial charge in [-0.3, -0.25) is 4.79 Å². The molecular formula is C19H22N2O3. The number of anilines is 2. The van der Waals surface area contributed by atoms with Gasteiger partial charge in [-0.1, -0.05) is 32.0 Å². The maximum atomic E-state index is 12.3. The molecule has 3 rings (SSSR count). The Hall–Kier alpha value is -2.69. The number of rotatable bonds is 5. The fraction of sp³-hybridized carbons (Fsp3) is 0.316. The van der Waals surface area contributed by atoms with Crippen molar-refractivity contribution in [1.29, 1.82) is 0 Å². The second kappa shape index (κ2) is 6.83. The number of carbonyl (C=O) groups excluding carboxylic acids is 1. The summed E-state index contributed by atoms with van der Waals surface area (Å²) in [6.07, 6.45) is 0. The lowest BCUT2D eigenvalue weighted by Crippen LogP contribution is -2.23. The summed E-state index contributed by atoms with van der Waals surface area (Å²) in [6.45, 7) is 6.67. The number of aryl methyl sites for hydroxylation is 1. The van der Waals surface area contributed by atoms with E-state index in [2.05, 4.69) is 30.5 Å². The molecule has 0 saturated carbocycles. The van der Waals surface area contributed by atoms with E-state index in [1.807, 2.05) is 37.3 Å². The van der Waals surface area contributed by atoms with Crippen LogP contribution >= 0.6 is 0 Å². The van der Waals surface area contributed by atoms with Crippen LogP contribution in [0.4, 0.5) is 11.4 Å². The number of hydrogen-bond acceptors (Lipinski definition) is 4. The maximum absolute atomic E-state index is 12.3. The van der Waals surface area contributed by atoms with Crippen molar-refractivity contribution in [2.75, 3.05) is 24.0 Å². The molecular weight excluding hydrogens is 304 g/mol. The van der Waals surface area contributed by atoms with Gasteiger partial charge in [-0.25, -0.2) is 0 Å². The molecule has 0 fully saturated rings. The van der Waals surface area contributed by atoms with E-state index in [0.29, 0.717) is 11.7 Å². The maximum Gasteiger partial charge on any atom is 0.243 e. The molecule has 0 aromatic heterocycles. The summed E-state index contributed by atoms with van der Waals surface area (Å²) in [4.78, 5) is 12.3. The average molecular weight is 326 g/mol. The lowest BCUT2D eigenvalue weighted by atomic mass is 9.98. The molecule has 0 atom stereocenters. The van der Waals surface area contributed by atoms with Gasteiger partial charge >= 0.3 is 0 Å². The number of carbonyl (C=O) groups is 1. The minimum atomic E-state index is -0.0798. The van der Waals surface area contributed by atoms with Crippen molar-refractivity contribution in [2.24, 2.45) is 0 Å². The van der Waals surface area contributed by atoms with Crippen molar-refractivity contribution in [2.45, 2.75) is 26.7 Å². The van der Waals surface area contributed by atoms with Gasteiger partial charge in [0.2, 0.25) is 12.7 Å². The molecule has 1 aliphatic rings. The predicted molar refractivity (Wildman–Crippen MR) is 95.0 cm³/mol. The van der Waals surface area contributed by atoms with Gasteiger partial charge in [0.1, 0.15) is 0 Å². The molecule has 1 amide bonds. The van der Waals surface area contributed by atoms with Gasteiger partial charge in [0.25, 0.3) is 0 Å². The summed E-state index contributed by atoms with van der Waals surface area (Å²) in [5.74, 6) is 1.69. The van der Waals surface area contributed by atoms with Gasteiger partial charge in [-0.2, -0.15) is 0 Å². The topological polar surface area (TPSA) is 59.6 Å². The van der Waals surface area contributed by atoms with Gasteiger partial charge in [-0.15, -0.1) is 0 Å². The first-order chi connectivity index (χ1) is 11.5. The Morgan fingerprint density at radius 1 is 1.17 bits per heavy atom. The Labute approximate surface area is 142 Å². The van der Waals surface area contributed by atoms with E-state index >= 15 is 0 Å². The zero-order chi connectivity index (χ0) is 17.1. The Morgan fingerprint density at radius 3 is 2.75 bits per heavy atom. The molecule has 0 bridgehead atoms.